The molecule has 1 N–H and O–H groups in total. The standard InChI is InChI=1S/C20H16Cl2N2O2S/c1-3-8-24-19(26)18(10-13-5-6-14(21)11-15(13)22)27-20(24)23-16-7-4-12(2)9-17(16)25/h3-7,9-11,25H,1,8H2,2H3/b18-10-,23-20?. The molecule has 1 saturated heterocycles. The number of carbonyl (C=O) groups excluding carboxylic acids is 1. The van der Waals surface area contributed by atoms with Crippen LogP contribution in [0.15, 0.2) is 59.0 Å². The molecule has 27 heavy (non-hydrogen) atoms. The van der Waals surface area contributed by atoms with Gasteiger partial charge in [-0.1, -0.05) is 41.4 Å². The summed E-state index contributed by atoms with van der Waals surface area (Å²) < 4.78 is 0. The summed E-state index contributed by atoms with van der Waals surface area (Å²) in [7, 11) is 0. The lowest BCUT2D eigenvalue weighted by molar-refractivity contribution is -0.121. The zero-order valence-corrected chi connectivity index (χ0v) is 16.8. The lowest BCUT2D eigenvalue weighted by atomic mass is 10.2. The molecule has 2 aromatic carbocycles. The highest BCUT2D eigenvalue weighted by Crippen LogP contribution is 2.37. The lowest BCUT2D eigenvalue weighted by Gasteiger charge is -2.13. The second-order valence-corrected chi connectivity index (χ2v) is 7.72. The molecule has 1 heterocycles. The number of benzene rings is 2. The largest absolute Gasteiger partial charge is 0.506 e. The number of hydrogen-bond acceptors (Lipinski definition) is 4. The molecule has 1 fully saturated rings. The molecular weight excluding hydrogens is 403 g/mol. The molecule has 138 valence electrons. The number of aromatic hydroxyl groups is 1. The van der Waals surface area contributed by atoms with Crippen LogP contribution in [-0.4, -0.2) is 27.6 Å². The Hall–Kier alpha value is -2.21. The van der Waals surface area contributed by atoms with Crippen molar-refractivity contribution >= 4 is 57.8 Å². The van der Waals surface area contributed by atoms with E-state index in [0.29, 0.717) is 37.9 Å². The van der Waals surface area contributed by atoms with E-state index in [1.165, 1.54) is 16.7 Å². The van der Waals surface area contributed by atoms with E-state index < -0.39 is 0 Å². The number of phenols is 1. The fourth-order valence-corrected chi connectivity index (χ4v) is 3.93. The molecule has 0 atom stereocenters. The van der Waals surface area contributed by atoms with Crippen LogP contribution in [0, 0.1) is 6.92 Å². The number of aliphatic imine (C=N–C) groups is 1. The minimum absolute atomic E-state index is 0.0623. The number of hydrogen-bond donors (Lipinski definition) is 1. The van der Waals surface area contributed by atoms with Gasteiger partial charge in [0.2, 0.25) is 0 Å². The highest BCUT2D eigenvalue weighted by atomic mass is 35.5. The molecule has 4 nitrogen and oxygen atoms in total. The molecule has 3 rings (SSSR count). The zero-order valence-electron chi connectivity index (χ0n) is 14.4. The van der Waals surface area contributed by atoms with Crippen LogP contribution in [0.1, 0.15) is 11.1 Å². The SMILES string of the molecule is C=CCN1C(=O)/C(=C/c2ccc(Cl)cc2Cl)SC1=Nc1ccc(C)cc1O. The molecule has 0 aromatic heterocycles. The van der Waals surface area contributed by atoms with E-state index in [0.717, 1.165) is 5.56 Å². The first kappa shape index (κ1) is 19.5. The van der Waals surface area contributed by atoms with Gasteiger partial charge in [0.15, 0.2) is 5.17 Å². The molecule has 0 bridgehead atoms. The molecule has 1 aliphatic heterocycles. The van der Waals surface area contributed by atoms with Crippen molar-refractivity contribution in [3.63, 3.8) is 0 Å². The number of amides is 1. The van der Waals surface area contributed by atoms with Gasteiger partial charge in [-0.15, -0.1) is 6.58 Å². The number of nitrogens with zero attached hydrogens (tertiary/aromatic N) is 2. The maximum absolute atomic E-state index is 12.8. The van der Waals surface area contributed by atoms with Crippen molar-refractivity contribution in [2.45, 2.75) is 6.92 Å². The fourth-order valence-electron chi connectivity index (χ4n) is 2.47. The van der Waals surface area contributed by atoms with E-state index in [2.05, 4.69) is 11.6 Å². The Balaban J connectivity index is 2.00. The third-order valence-electron chi connectivity index (χ3n) is 3.80. The van der Waals surface area contributed by atoms with Crippen molar-refractivity contribution in [2.75, 3.05) is 6.54 Å². The second-order valence-electron chi connectivity index (χ2n) is 5.87. The predicted molar refractivity (Wildman–Crippen MR) is 114 cm³/mol. The number of amidine groups is 1. The Labute approximate surface area is 171 Å². The van der Waals surface area contributed by atoms with Gasteiger partial charge in [0.05, 0.1) is 4.91 Å². The van der Waals surface area contributed by atoms with Gasteiger partial charge < -0.3 is 5.11 Å². The molecule has 1 aliphatic rings. The molecule has 0 unspecified atom stereocenters. The van der Waals surface area contributed by atoms with E-state index in [9.17, 15) is 9.90 Å². The van der Waals surface area contributed by atoms with Gasteiger partial charge in [0.25, 0.3) is 5.91 Å². The van der Waals surface area contributed by atoms with Crippen molar-refractivity contribution < 1.29 is 9.90 Å². The Morgan fingerprint density at radius 1 is 1.26 bits per heavy atom. The Kier molecular flexibility index (Phi) is 5.95. The van der Waals surface area contributed by atoms with Crippen LogP contribution in [0.5, 0.6) is 5.75 Å². The first-order valence-electron chi connectivity index (χ1n) is 8.04. The summed E-state index contributed by atoms with van der Waals surface area (Å²) in [6, 6.07) is 10.3. The van der Waals surface area contributed by atoms with Crippen LogP contribution in [0.25, 0.3) is 6.08 Å². The van der Waals surface area contributed by atoms with Gasteiger partial charge in [0, 0.05) is 16.6 Å². The Morgan fingerprint density at radius 2 is 2.04 bits per heavy atom. The summed E-state index contributed by atoms with van der Waals surface area (Å²) in [4.78, 5) is 19.2. The van der Waals surface area contributed by atoms with Gasteiger partial charge >= 0.3 is 0 Å². The topological polar surface area (TPSA) is 52.9 Å². The summed E-state index contributed by atoms with van der Waals surface area (Å²) in [6.07, 6.45) is 3.33. The van der Waals surface area contributed by atoms with Gasteiger partial charge in [-0.25, -0.2) is 4.99 Å². The summed E-state index contributed by atoms with van der Waals surface area (Å²) in [5.41, 5.74) is 2.01. The first-order valence-corrected chi connectivity index (χ1v) is 9.62. The monoisotopic (exact) mass is 418 g/mol. The van der Waals surface area contributed by atoms with Crippen LogP contribution in [0.3, 0.4) is 0 Å². The van der Waals surface area contributed by atoms with Crippen molar-refractivity contribution in [1.29, 1.82) is 0 Å². The molecule has 0 radical (unpaired) electrons. The third-order valence-corrected chi connectivity index (χ3v) is 5.36. The highest BCUT2D eigenvalue weighted by molar-refractivity contribution is 8.18. The average Bonchev–Trinajstić information content (AvgIpc) is 2.89. The van der Waals surface area contributed by atoms with E-state index in [1.807, 2.05) is 13.0 Å². The van der Waals surface area contributed by atoms with E-state index >= 15 is 0 Å². The van der Waals surface area contributed by atoms with Crippen molar-refractivity contribution in [3.8, 4) is 5.75 Å². The normalized spacial score (nSPS) is 17.1. The van der Waals surface area contributed by atoms with Crippen molar-refractivity contribution in [2.24, 2.45) is 4.99 Å². The molecular formula is C20H16Cl2N2O2S. The second kappa shape index (κ2) is 8.21. The Morgan fingerprint density at radius 3 is 2.70 bits per heavy atom. The number of carbonyl (C=O) groups is 1. The smallest absolute Gasteiger partial charge is 0.267 e. The summed E-state index contributed by atoms with van der Waals surface area (Å²) in [5.74, 6) is -0.136. The van der Waals surface area contributed by atoms with Crippen molar-refractivity contribution in [1.82, 2.24) is 4.90 Å². The van der Waals surface area contributed by atoms with Crippen LogP contribution >= 0.6 is 35.0 Å². The van der Waals surface area contributed by atoms with Gasteiger partial charge in [-0.2, -0.15) is 0 Å². The molecule has 1 amide bonds. The number of thioether (sulfide) groups is 1. The van der Waals surface area contributed by atoms with E-state index in [-0.39, 0.29) is 11.7 Å². The Bertz CT molecular complexity index is 986. The number of halogens is 2. The predicted octanol–water partition coefficient (Wildman–Crippen LogP) is 5.80. The van der Waals surface area contributed by atoms with Gasteiger partial charge in [-0.3, -0.25) is 9.69 Å². The minimum atomic E-state index is -0.198. The van der Waals surface area contributed by atoms with Crippen LogP contribution in [0.2, 0.25) is 10.0 Å². The molecule has 2 aromatic rings. The van der Waals surface area contributed by atoms with E-state index in [1.54, 1.807) is 42.5 Å². The van der Waals surface area contributed by atoms with Gasteiger partial charge in [0.1, 0.15) is 11.4 Å². The van der Waals surface area contributed by atoms with Crippen LogP contribution in [0.4, 0.5) is 5.69 Å². The van der Waals surface area contributed by atoms with Gasteiger partial charge in [-0.05, 0) is 60.2 Å². The van der Waals surface area contributed by atoms with E-state index in [4.69, 9.17) is 23.2 Å². The average molecular weight is 419 g/mol. The summed E-state index contributed by atoms with van der Waals surface area (Å²) >= 11 is 13.4. The summed E-state index contributed by atoms with van der Waals surface area (Å²) in [6.45, 7) is 5.89. The zero-order chi connectivity index (χ0) is 19.6. The maximum Gasteiger partial charge on any atom is 0.267 e. The van der Waals surface area contributed by atoms with Crippen molar-refractivity contribution in [3.05, 3.63) is 75.1 Å². The molecule has 0 spiro atoms. The molecule has 7 heteroatoms. The number of rotatable bonds is 4. The maximum atomic E-state index is 12.8. The molecule has 0 saturated carbocycles. The first-order chi connectivity index (χ1) is 12.9. The minimum Gasteiger partial charge on any atom is -0.506 e. The van der Waals surface area contributed by atoms with Crippen LogP contribution < -0.4 is 0 Å². The number of aryl methyl sites for hydroxylation is 1. The van der Waals surface area contributed by atoms with Crippen LogP contribution in [-0.2, 0) is 4.79 Å². The molecule has 0 aliphatic carbocycles. The lowest BCUT2D eigenvalue weighted by Crippen LogP contribution is -2.29. The third kappa shape index (κ3) is 4.38. The number of phenolic OH excluding ortho intramolecular Hbond substituents is 1. The quantitative estimate of drug-likeness (QED) is 0.504. The fraction of sp³-hybridized carbons (Fsp3) is 0.100. The highest BCUT2D eigenvalue weighted by Gasteiger charge is 2.33. The summed E-state index contributed by atoms with van der Waals surface area (Å²) in [5, 5.41) is 11.6.